The highest BCUT2D eigenvalue weighted by Gasteiger charge is 2.01. The molecule has 0 bridgehead atoms. The second-order valence-electron chi connectivity index (χ2n) is 2.19. The van der Waals surface area contributed by atoms with Gasteiger partial charge in [-0.15, -0.1) is 12.4 Å². The molecule has 1 aromatic carbocycles. The Hall–Kier alpha value is -0.440. The van der Waals surface area contributed by atoms with Crippen LogP contribution in [0.1, 0.15) is 0 Å². The lowest BCUT2D eigenvalue weighted by Crippen LogP contribution is -1.71. The highest BCUT2D eigenvalue weighted by atomic mass is 35.5. The van der Waals surface area contributed by atoms with E-state index in [1.165, 1.54) is 0 Å². The maximum atomic E-state index is 5.76. The summed E-state index contributed by atoms with van der Waals surface area (Å²) in [6, 6.07) is 3.49. The van der Waals surface area contributed by atoms with Gasteiger partial charge in [-0.2, -0.15) is 0 Å². The molecule has 0 spiro atoms. The average molecular weight is 223 g/mol. The van der Waals surface area contributed by atoms with Crippen molar-refractivity contribution in [2.24, 2.45) is 0 Å². The standard InChI is InChI=1S/C7H4Cl2N2.ClH/c8-4-1-6-7(2-5(4)9)11-3-10-6;/h1-3H,(H,10,11);1H. The Bertz CT molecular complexity index is 360. The minimum atomic E-state index is 0. The van der Waals surface area contributed by atoms with Crippen LogP contribution in [-0.4, -0.2) is 9.97 Å². The first-order valence-electron chi connectivity index (χ1n) is 3.05. The fraction of sp³-hybridized carbons (Fsp3) is 0. The molecule has 0 atom stereocenters. The Morgan fingerprint density at radius 3 is 2.58 bits per heavy atom. The Morgan fingerprint density at radius 2 is 1.83 bits per heavy atom. The second kappa shape index (κ2) is 3.52. The summed E-state index contributed by atoms with van der Waals surface area (Å²) in [6.07, 6.45) is 1.61. The van der Waals surface area contributed by atoms with Crippen LogP contribution in [0, 0.1) is 0 Å². The number of rotatable bonds is 0. The summed E-state index contributed by atoms with van der Waals surface area (Å²) in [5.74, 6) is 0. The maximum Gasteiger partial charge on any atom is 0.0931 e. The lowest BCUT2D eigenvalue weighted by atomic mass is 10.3. The first kappa shape index (κ1) is 9.65. The van der Waals surface area contributed by atoms with Crippen molar-refractivity contribution < 1.29 is 0 Å². The molecule has 0 aliphatic heterocycles. The highest BCUT2D eigenvalue weighted by molar-refractivity contribution is 6.42. The van der Waals surface area contributed by atoms with Crippen molar-refractivity contribution in [3.63, 3.8) is 0 Å². The molecule has 1 N–H and O–H groups in total. The van der Waals surface area contributed by atoms with Crippen LogP contribution in [0.4, 0.5) is 0 Å². The Morgan fingerprint density at radius 1 is 1.17 bits per heavy atom. The van der Waals surface area contributed by atoms with Crippen molar-refractivity contribution in [1.82, 2.24) is 9.97 Å². The van der Waals surface area contributed by atoms with Gasteiger partial charge in [0.1, 0.15) is 0 Å². The normalized spacial score (nSPS) is 9.83. The third-order valence-electron chi connectivity index (χ3n) is 1.46. The SMILES string of the molecule is Cl.Clc1cc2nc[nH]c2cc1Cl. The van der Waals surface area contributed by atoms with Gasteiger partial charge in [0, 0.05) is 0 Å². The van der Waals surface area contributed by atoms with Crippen LogP contribution in [-0.2, 0) is 0 Å². The number of hydrogen-bond acceptors (Lipinski definition) is 1. The van der Waals surface area contributed by atoms with E-state index in [-0.39, 0.29) is 12.4 Å². The molecule has 12 heavy (non-hydrogen) atoms. The van der Waals surface area contributed by atoms with E-state index in [1.54, 1.807) is 18.5 Å². The number of benzene rings is 1. The average Bonchev–Trinajstić information content (AvgIpc) is 2.36. The molecular weight excluding hydrogens is 218 g/mol. The van der Waals surface area contributed by atoms with Gasteiger partial charge in [0.15, 0.2) is 0 Å². The van der Waals surface area contributed by atoms with Crippen molar-refractivity contribution in [3.8, 4) is 0 Å². The van der Waals surface area contributed by atoms with E-state index >= 15 is 0 Å². The first-order chi connectivity index (χ1) is 5.27. The van der Waals surface area contributed by atoms with Crippen molar-refractivity contribution >= 4 is 46.6 Å². The third-order valence-corrected chi connectivity index (χ3v) is 2.18. The number of aromatic nitrogens is 2. The van der Waals surface area contributed by atoms with Crippen molar-refractivity contribution in [2.75, 3.05) is 0 Å². The number of nitrogens with zero attached hydrogens (tertiary/aromatic N) is 1. The summed E-state index contributed by atoms with van der Waals surface area (Å²) >= 11 is 11.5. The number of aromatic amines is 1. The summed E-state index contributed by atoms with van der Waals surface area (Å²) in [4.78, 5) is 6.96. The van der Waals surface area contributed by atoms with E-state index in [4.69, 9.17) is 23.2 Å². The van der Waals surface area contributed by atoms with Gasteiger partial charge in [-0.1, -0.05) is 23.2 Å². The molecule has 5 heteroatoms. The fourth-order valence-electron chi connectivity index (χ4n) is 0.930. The lowest BCUT2D eigenvalue weighted by Gasteiger charge is -1.93. The van der Waals surface area contributed by atoms with Gasteiger partial charge in [0.2, 0.25) is 0 Å². The van der Waals surface area contributed by atoms with Gasteiger partial charge in [-0.05, 0) is 12.1 Å². The zero-order valence-electron chi connectivity index (χ0n) is 5.84. The molecular formula is C7H5Cl3N2. The van der Waals surface area contributed by atoms with Gasteiger partial charge in [-0.25, -0.2) is 4.98 Å². The van der Waals surface area contributed by atoms with E-state index in [2.05, 4.69) is 9.97 Å². The maximum absolute atomic E-state index is 5.76. The number of hydrogen-bond donors (Lipinski definition) is 1. The molecule has 0 saturated carbocycles. The second-order valence-corrected chi connectivity index (χ2v) is 3.00. The Balaban J connectivity index is 0.000000720. The van der Waals surface area contributed by atoms with Gasteiger partial charge in [-0.3, -0.25) is 0 Å². The van der Waals surface area contributed by atoms with Crippen LogP contribution >= 0.6 is 35.6 Å². The van der Waals surface area contributed by atoms with Crippen LogP contribution in [0.3, 0.4) is 0 Å². The van der Waals surface area contributed by atoms with E-state index in [9.17, 15) is 0 Å². The lowest BCUT2D eigenvalue weighted by molar-refractivity contribution is 1.34. The number of imidazole rings is 1. The smallest absolute Gasteiger partial charge is 0.0931 e. The van der Waals surface area contributed by atoms with Gasteiger partial charge < -0.3 is 4.98 Å². The van der Waals surface area contributed by atoms with Crippen LogP contribution < -0.4 is 0 Å². The number of halogens is 3. The predicted molar refractivity (Wildman–Crippen MR) is 53.4 cm³/mol. The van der Waals surface area contributed by atoms with Gasteiger partial charge in [0.25, 0.3) is 0 Å². The molecule has 0 amide bonds. The molecule has 1 heterocycles. The largest absolute Gasteiger partial charge is 0.345 e. The number of nitrogens with one attached hydrogen (secondary N) is 1. The fourth-order valence-corrected chi connectivity index (χ4v) is 1.25. The highest BCUT2D eigenvalue weighted by Crippen LogP contribution is 2.25. The van der Waals surface area contributed by atoms with Crippen molar-refractivity contribution in [3.05, 3.63) is 28.5 Å². The zero-order chi connectivity index (χ0) is 7.84. The number of H-pyrrole nitrogens is 1. The third kappa shape index (κ3) is 1.51. The molecule has 0 fully saturated rings. The first-order valence-corrected chi connectivity index (χ1v) is 3.81. The van der Waals surface area contributed by atoms with Crippen molar-refractivity contribution in [1.29, 1.82) is 0 Å². The van der Waals surface area contributed by atoms with E-state index in [0.29, 0.717) is 10.0 Å². The molecule has 0 aliphatic rings. The summed E-state index contributed by atoms with van der Waals surface area (Å²) < 4.78 is 0. The molecule has 1 aromatic heterocycles. The summed E-state index contributed by atoms with van der Waals surface area (Å²) in [7, 11) is 0. The molecule has 64 valence electrons. The van der Waals surface area contributed by atoms with Crippen LogP contribution in [0.15, 0.2) is 18.5 Å². The molecule has 0 aliphatic carbocycles. The zero-order valence-corrected chi connectivity index (χ0v) is 8.17. The van der Waals surface area contributed by atoms with Crippen LogP contribution in [0.25, 0.3) is 11.0 Å². The minimum Gasteiger partial charge on any atom is -0.345 e. The summed E-state index contributed by atoms with van der Waals surface area (Å²) in [6.45, 7) is 0. The quantitative estimate of drug-likeness (QED) is 0.729. The minimum absolute atomic E-state index is 0. The molecule has 0 unspecified atom stereocenters. The molecule has 2 nitrogen and oxygen atoms in total. The molecule has 2 rings (SSSR count). The van der Waals surface area contributed by atoms with Crippen LogP contribution in [0.5, 0.6) is 0 Å². The molecule has 2 aromatic rings. The van der Waals surface area contributed by atoms with Gasteiger partial charge in [0.05, 0.1) is 27.4 Å². The Labute approximate surface area is 85.3 Å². The topological polar surface area (TPSA) is 28.7 Å². The molecule has 0 radical (unpaired) electrons. The van der Waals surface area contributed by atoms with E-state index in [0.717, 1.165) is 11.0 Å². The molecule has 0 saturated heterocycles. The van der Waals surface area contributed by atoms with Gasteiger partial charge >= 0.3 is 0 Å². The summed E-state index contributed by atoms with van der Waals surface area (Å²) in [5, 5.41) is 1.08. The summed E-state index contributed by atoms with van der Waals surface area (Å²) in [5.41, 5.74) is 1.74. The van der Waals surface area contributed by atoms with Crippen molar-refractivity contribution in [2.45, 2.75) is 0 Å². The number of fused-ring (bicyclic) bond motifs is 1. The van der Waals surface area contributed by atoms with Crippen LogP contribution in [0.2, 0.25) is 10.0 Å². The predicted octanol–water partition coefficient (Wildman–Crippen LogP) is 3.29. The Kier molecular flexibility index (Phi) is 2.83. The van der Waals surface area contributed by atoms with E-state index < -0.39 is 0 Å². The monoisotopic (exact) mass is 222 g/mol. The van der Waals surface area contributed by atoms with E-state index in [1.807, 2.05) is 0 Å².